The second kappa shape index (κ2) is 3.49. The molecule has 0 radical (unpaired) electrons. The van der Waals surface area contributed by atoms with Crippen molar-refractivity contribution in [1.82, 2.24) is 14.9 Å². The highest BCUT2D eigenvalue weighted by Gasteiger charge is 2.32. The molecule has 0 saturated carbocycles. The summed E-state index contributed by atoms with van der Waals surface area (Å²) in [5, 5.41) is 8.56. The van der Waals surface area contributed by atoms with Crippen molar-refractivity contribution < 1.29 is 14.6 Å². The van der Waals surface area contributed by atoms with Gasteiger partial charge in [-0.25, -0.2) is 9.78 Å². The van der Waals surface area contributed by atoms with Crippen molar-refractivity contribution >= 4 is 6.09 Å². The minimum atomic E-state index is -0.913. The molecular weight excluding hydrogens is 186 g/mol. The van der Waals surface area contributed by atoms with E-state index in [-0.39, 0.29) is 6.10 Å². The van der Waals surface area contributed by atoms with Crippen LogP contribution in [0.25, 0.3) is 0 Å². The first-order valence-electron chi connectivity index (χ1n) is 4.16. The van der Waals surface area contributed by atoms with Gasteiger partial charge in [-0.3, -0.25) is 4.98 Å². The molecule has 1 aliphatic rings. The van der Waals surface area contributed by atoms with E-state index in [0.717, 1.165) is 0 Å². The van der Waals surface area contributed by atoms with E-state index in [1.54, 1.807) is 6.20 Å². The van der Waals surface area contributed by atoms with Gasteiger partial charge in [-0.05, 0) is 0 Å². The lowest BCUT2D eigenvalue weighted by Crippen LogP contribution is -2.55. The molecule has 1 aromatic heterocycles. The van der Waals surface area contributed by atoms with Crippen LogP contribution in [0.5, 0.6) is 5.88 Å². The number of hydrogen-bond donors (Lipinski definition) is 1. The Kier molecular flexibility index (Phi) is 2.18. The van der Waals surface area contributed by atoms with E-state index < -0.39 is 6.09 Å². The summed E-state index contributed by atoms with van der Waals surface area (Å²) < 4.78 is 5.35. The van der Waals surface area contributed by atoms with Gasteiger partial charge < -0.3 is 14.7 Å². The normalized spacial score (nSPS) is 16.1. The molecule has 0 aliphatic carbocycles. The fraction of sp³-hybridized carbons (Fsp3) is 0.375. The van der Waals surface area contributed by atoms with Crippen molar-refractivity contribution in [1.29, 1.82) is 0 Å². The number of likely N-dealkylation sites (tertiary alicyclic amines) is 1. The molecule has 2 heterocycles. The van der Waals surface area contributed by atoms with Crippen molar-refractivity contribution in [3.05, 3.63) is 18.6 Å². The summed E-state index contributed by atoms with van der Waals surface area (Å²) >= 11 is 0. The predicted molar refractivity (Wildman–Crippen MR) is 46.0 cm³/mol. The largest absolute Gasteiger partial charge is 0.469 e. The predicted octanol–water partition coefficient (Wildman–Crippen LogP) is 0.218. The zero-order chi connectivity index (χ0) is 9.97. The minimum absolute atomic E-state index is 0.0946. The van der Waals surface area contributed by atoms with Crippen LogP contribution in [0.2, 0.25) is 0 Å². The van der Waals surface area contributed by atoms with Gasteiger partial charge in [0.25, 0.3) is 0 Å². The Morgan fingerprint density at radius 1 is 1.57 bits per heavy atom. The maximum Gasteiger partial charge on any atom is 0.407 e. The van der Waals surface area contributed by atoms with Crippen molar-refractivity contribution in [3.8, 4) is 5.88 Å². The van der Waals surface area contributed by atoms with Gasteiger partial charge in [0, 0.05) is 12.4 Å². The topological polar surface area (TPSA) is 75.5 Å². The first-order chi connectivity index (χ1) is 6.75. The van der Waals surface area contributed by atoms with Gasteiger partial charge in [0.05, 0.1) is 19.3 Å². The monoisotopic (exact) mass is 195 g/mol. The highest BCUT2D eigenvalue weighted by Crippen LogP contribution is 2.14. The average Bonchev–Trinajstić information content (AvgIpc) is 2.12. The number of ether oxygens (including phenoxy) is 1. The van der Waals surface area contributed by atoms with Crippen LogP contribution < -0.4 is 4.74 Å². The second-order valence-electron chi connectivity index (χ2n) is 2.97. The minimum Gasteiger partial charge on any atom is -0.469 e. The number of rotatable bonds is 2. The number of nitrogens with zero attached hydrogens (tertiary/aromatic N) is 3. The number of amides is 1. The lowest BCUT2D eigenvalue weighted by Gasteiger charge is -2.36. The highest BCUT2D eigenvalue weighted by molar-refractivity contribution is 5.66. The van der Waals surface area contributed by atoms with Crippen LogP contribution in [0.4, 0.5) is 4.79 Å². The molecule has 1 N–H and O–H groups in total. The Hall–Kier alpha value is -1.85. The Bertz CT molecular complexity index is 324. The van der Waals surface area contributed by atoms with E-state index in [1.807, 2.05) is 0 Å². The molecule has 14 heavy (non-hydrogen) atoms. The molecule has 1 aliphatic heterocycles. The van der Waals surface area contributed by atoms with Gasteiger partial charge in [-0.1, -0.05) is 0 Å². The molecule has 0 unspecified atom stereocenters. The molecule has 1 saturated heterocycles. The summed E-state index contributed by atoms with van der Waals surface area (Å²) in [6, 6.07) is 0. The van der Waals surface area contributed by atoms with E-state index >= 15 is 0 Å². The van der Waals surface area contributed by atoms with Crippen LogP contribution in [0.1, 0.15) is 0 Å². The third-order valence-corrected chi connectivity index (χ3v) is 1.95. The molecule has 1 fully saturated rings. The molecule has 0 atom stereocenters. The molecular formula is C8H9N3O3. The highest BCUT2D eigenvalue weighted by atomic mass is 16.5. The van der Waals surface area contributed by atoms with Crippen molar-refractivity contribution in [2.24, 2.45) is 0 Å². The van der Waals surface area contributed by atoms with Gasteiger partial charge >= 0.3 is 6.09 Å². The molecule has 6 heteroatoms. The molecule has 1 aromatic rings. The van der Waals surface area contributed by atoms with E-state index in [0.29, 0.717) is 19.0 Å². The number of hydrogen-bond acceptors (Lipinski definition) is 4. The first kappa shape index (κ1) is 8.74. The molecule has 74 valence electrons. The second-order valence-corrected chi connectivity index (χ2v) is 2.97. The lowest BCUT2D eigenvalue weighted by molar-refractivity contribution is 0.0225. The van der Waals surface area contributed by atoms with Crippen molar-refractivity contribution in [2.45, 2.75) is 6.10 Å². The molecule has 2 rings (SSSR count). The SMILES string of the molecule is O=C(O)N1CC(Oc2cnccn2)C1. The summed E-state index contributed by atoms with van der Waals surface area (Å²) in [7, 11) is 0. The van der Waals surface area contributed by atoms with Crippen molar-refractivity contribution in [3.63, 3.8) is 0 Å². The van der Waals surface area contributed by atoms with Crippen molar-refractivity contribution in [2.75, 3.05) is 13.1 Å². The van der Waals surface area contributed by atoms with Crippen LogP contribution in [-0.4, -0.2) is 45.3 Å². The van der Waals surface area contributed by atoms with E-state index in [2.05, 4.69) is 9.97 Å². The lowest BCUT2D eigenvalue weighted by atomic mass is 10.2. The third-order valence-electron chi connectivity index (χ3n) is 1.95. The van der Waals surface area contributed by atoms with E-state index in [4.69, 9.17) is 9.84 Å². The molecule has 0 spiro atoms. The summed E-state index contributed by atoms with van der Waals surface area (Å²) in [4.78, 5) is 19.5. The Morgan fingerprint density at radius 3 is 2.93 bits per heavy atom. The zero-order valence-corrected chi connectivity index (χ0v) is 7.33. The van der Waals surface area contributed by atoms with Gasteiger partial charge in [-0.2, -0.15) is 0 Å². The molecule has 0 aromatic carbocycles. The van der Waals surface area contributed by atoms with E-state index in [1.165, 1.54) is 17.3 Å². The fourth-order valence-corrected chi connectivity index (χ4v) is 1.19. The summed E-state index contributed by atoms with van der Waals surface area (Å²) in [5.41, 5.74) is 0. The first-order valence-corrected chi connectivity index (χ1v) is 4.16. The number of carboxylic acid groups (broad SMARTS) is 1. The maximum atomic E-state index is 10.4. The van der Waals surface area contributed by atoms with Crippen LogP contribution in [0.3, 0.4) is 0 Å². The zero-order valence-electron chi connectivity index (χ0n) is 7.33. The average molecular weight is 195 g/mol. The number of aromatic nitrogens is 2. The van der Waals surface area contributed by atoms with Gasteiger partial charge in [0.15, 0.2) is 0 Å². The van der Waals surface area contributed by atoms with Crippen LogP contribution in [0.15, 0.2) is 18.6 Å². The third kappa shape index (κ3) is 1.73. The van der Waals surface area contributed by atoms with E-state index in [9.17, 15) is 4.79 Å². The van der Waals surface area contributed by atoms with Crippen LogP contribution >= 0.6 is 0 Å². The summed E-state index contributed by atoms with van der Waals surface area (Å²) in [6.07, 6.45) is 3.58. The molecule has 1 amide bonds. The fourth-order valence-electron chi connectivity index (χ4n) is 1.19. The summed E-state index contributed by atoms with van der Waals surface area (Å²) in [6.45, 7) is 0.789. The quantitative estimate of drug-likeness (QED) is 0.730. The standard InChI is InChI=1S/C8H9N3O3/c12-8(13)11-4-6(5-11)14-7-3-9-1-2-10-7/h1-3,6H,4-5H2,(H,12,13). The maximum absolute atomic E-state index is 10.4. The molecule has 6 nitrogen and oxygen atoms in total. The van der Waals surface area contributed by atoms with Gasteiger partial charge in [0.1, 0.15) is 6.10 Å². The van der Waals surface area contributed by atoms with Crippen LogP contribution in [-0.2, 0) is 0 Å². The number of carbonyl (C=O) groups is 1. The van der Waals surface area contributed by atoms with Crippen LogP contribution in [0, 0.1) is 0 Å². The Balaban J connectivity index is 1.82. The molecule has 0 bridgehead atoms. The Morgan fingerprint density at radius 2 is 2.36 bits per heavy atom. The smallest absolute Gasteiger partial charge is 0.407 e. The Labute approximate surface area is 80.2 Å². The van der Waals surface area contributed by atoms with Gasteiger partial charge in [0.2, 0.25) is 5.88 Å². The summed E-state index contributed by atoms with van der Waals surface area (Å²) in [5.74, 6) is 0.433. The van der Waals surface area contributed by atoms with Gasteiger partial charge in [-0.15, -0.1) is 0 Å².